The summed E-state index contributed by atoms with van der Waals surface area (Å²) in [6.45, 7) is 4.77. The number of ether oxygens (including phenoxy) is 4. The maximum atomic E-state index is 7.54. The molecule has 3 N–H and O–H groups in total. The summed E-state index contributed by atoms with van der Waals surface area (Å²) in [6.07, 6.45) is 1.63. The lowest BCUT2D eigenvalue weighted by Crippen LogP contribution is -2.17. The first-order chi connectivity index (χ1) is 10.2. The van der Waals surface area contributed by atoms with E-state index < -0.39 is 0 Å². The van der Waals surface area contributed by atoms with Gasteiger partial charge in [0.1, 0.15) is 12.4 Å². The van der Waals surface area contributed by atoms with E-state index in [0.717, 1.165) is 5.56 Å². The van der Waals surface area contributed by atoms with Crippen LogP contribution >= 0.6 is 0 Å². The lowest BCUT2D eigenvalue weighted by Gasteiger charge is -2.11. The Balaban J connectivity index is 2.21. The van der Waals surface area contributed by atoms with E-state index in [1.165, 1.54) is 0 Å². The highest BCUT2D eigenvalue weighted by Gasteiger charge is 2.11. The van der Waals surface area contributed by atoms with Crippen molar-refractivity contribution in [3.8, 4) is 5.88 Å². The third kappa shape index (κ3) is 6.52. The van der Waals surface area contributed by atoms with Gasteiger partial charge < -0.3 is 24.7 Å². The van der Waals surface area contributed by atoms with Crippen LogP contribution in [0.1, 0.15) is 11.1 Å². The number of nitrogens with zero attached hydrogens (tertiary/aromatic N) is 1. The van der Waals surface area contributed by atoms with Crippen molar-refractivity contribution in [1.29, 1.82) is 5.41 Å². The van der Waals surface area contributed by atoms with Gasteiger partial charge in [0.2, 0.25) is 5.88 Å². The number of pyridine rings is 1. The van der Waals surface area contributed by atoms with Crippen LogP contribution in [-0.4, -0.2) is 57.6 Å². The second-order valence-electron chi connectivity index (χ2n) is 4.29. The molecular weight excluding hydrogens is 274 g/mol. The van der Waals surface area contributed by atoms with Crippen LogP contribution in [0.25, 0.3) is 0 Å². The third-order valence-electron chi connectivity index (χ3n) is 2.66. The Bertz CT molecular complexity index is 440. The van der Waals surface area contributed by atoms with Crippen LogP contribution in [0.4, 0.5) is 0 Å². The van der Waals surface area contributed by atoms with Gasteiger partial charge in [-0.3, -0.25) is 5.41 Å². The number of nitrogens with two attached hydrogens (primary N) is 1. The molecule has 1 heterocycles. The Kier molecular flexibility index (Phi) is 8.34. The van der Waals surface area contributed by atoms with E-state index >= 15 is 0 Å². The SMILES string of the molecule is COCCOCCOCCOc1nccc(C)c1C(=N)N. The summed E-state index contributed by atoms with van der Waals surface area (Å²) in [5.41, 5.74) is 6.92. The van der Waals surface area contributed by atoms with Gasteiger partial charge in [0.15, 0.2) is 0 Å². The zero-order valence-electron chi connectivity index (χ0n) is 12.6. The van der Waals surface area contributed by atoms with E-state index in [9.17, 15) is 0 Å². The standard InChI is InChI=1S/C14H23N3O4/c1-11-3-4-17-14(12(11)13(15)16)21-10-9-20-8-7-19-6-5-18-2/h3-4H,5-10H2,1-2H3,(H3,15,16). The fourth-order valence-corrected chi connectivity index (χ4v) is 1.63. The largest absolute Gasteiger partial charge is 0.475 e. The minimum atomic E-state index is -0.0527. The van der Waals surface area contributed by atoms with Gasteiger partial charge in [-0.25, -0.2) is 4.98 Å². The summed E-state index contributed by atoms with van der Waals surface area (Å²) < 4.78 is 21.0. The zero-order chi connectivity index (χ0) is 15.5. The number of amidine groups is 1. The number of aryl methyl sites for hydroxylation is 1. The summed E-state index contributed by atoms with van der Waals surface area (Å²) in [4.78, 5) is 4.09. The van der Waals surface area contributed by atoms with Crippen molar-refractivity contribution in [3.63, 3.8) is 0 Å². The molecule has 1 aromatic rings. The summed E-state index contributed by atoms with van der Waals surface area (Å²) in [5.74, 6) is 0.311. The lowest BCUT2D eigenvalue weighted by atomic mass is 10.1. The Morgan fingerprint density at radius 3 is 2.38 bits per heavy atom. The minimum Gasteiger partial charge on any atom is -0.475 e. The van der Waals surface area contributed by atoms with Crippen molar-refractivity contribution < 1.29 is 18.9 Å². The van der Waals surface area contributed by atoms with Crippen molar-refractivity contribution in [2.75, 3.05) is 46.8 Å². The molecule has 0 amide bonds. The predicted molar refractivity (Wildman–Crippen MR) is 79.0 cm³/mol. The second kappa shape index (κ2) is 10.1. The van der Waals surface area contributed by atoms with Crippen LogP contribution in [-0.2, 0) is 14.2 Å². The molecule has 0 aromatic carbocycles. The van der Waals surface area contributed by atoms with Crippen LogP contribution < -0.4 is 10.5 Å². The number of methoxy groups -OCH3 is 1. The summed E-state index contributed by atoms with van der Waals surface area (Å²) in [5, 5.41) is 7.54. The normalized spacial score (nSPS) is 10.6. The van der Waals surface area contributed by atoms with Crippen molar-refractivity contribution in [3.05, 3.63) is 23.4 Å². The highest BCUT2D eigenvalue weighted by Crippen LogP contribution is 2.17. The first-order valence-electron chi connectivity index (χ1n) is 6.74. The van der Waals surface area contributed by atoms with E-state index in [2.05, 4.69) is 4.98 Å². The molecule has 118 valence electrons. The van der Waals surface area contributed by atoms with E-state index in [1.807, 2.05) is 6.92 Å². The minimum absolute atomic E-state index is 0.0527. The predicted octanol–water partition coefficient (Wildman–Crippen LogP) is 0.732. The fraction of sp³-hybridized carbons (Fsp3) is 0.571. The summed E-state index contributed by atoms with van der Waals surface area (Å²) >= 11 is 0. The molecule has 21 heavy (non-hydrogen) atoms. The van der Waals surface area contributed by atoms with Crippen molar-refractivity contribution in [2.45, 2.75) is 6.92 Å². The molecule has 7 heteroatoms. The van der Waals surface area contributed by atoms with Crippen molar-refractivity contribution in [2.24, 2.45) is 5.73 Å². The number of aromatic nitrogens is 1. The van der Waals surface area contributed by atoms with Crippen LogP contribution in [0.3, 0.4) is 0 Å². The smallest absolute Gasteiger partial charge is 0.224 e. The molecule has 0 spiro atoms. The van der Waals surface area contributed by atoms with Gasteiger partial charge in [0, 0.05) is 13.3 Å². The Labute approximate surface area is 124 Å². The third-order valence-corrected chi connectivity index (χ3v) is 2.66. The number of hydrogen-bond acceptors (Lipinski definition) is 6. The molecule has 0 unspecified atom stereocenters. The molecule has 0 aliphatic carbocycles. The maximum absolute atomic E-state index is 7.54. The zero-order valence-corrected chi connectivity index (χ0v) is 12.6. The van der Waals surface area contributed by atoms with Crippen LogP contribution in [0.5, 0.6) is 5.88 Å². The molecule has 0 saturated carbocycles. The van der Waals surface area contributed by atoms with Gasteiger partial charge >= 0.3 is 0 Å². The monoisotopic (exact) mass is 297 g/mol. The van der Waals surface area contributed by atoms with Gasteiger partial charge in [-0.2, -0.15) is 0 Å². The maximum Gasteiger partial charge on any atom is 0.224 e. The van der Waals surface area contributed by atoms with Gasteiger partial charge in [-0.1, -0.05) is 0 Å². The molecule has 1 rings (SSSR count). The van der Waals surface area contributed by atoms with Crippen LogP contribution in [0.2, 0.25) is 0 Å². The molecule has 0 bridgehead atoms. The quantitative estimate of drug-likeness (QED) is 0.355. The second-order valence-corrected chi connectivity index (χ2v) is 4.29. The van der Waals surface area contributed by atoms with Gasteiger partial charge in [0.05, 0.1) is 38.6 Å². The first-order valence-corrected chi connectivity index (χ1v) is 6.74. The van der Waals surface area contributed by atoms with E-state index in [1.54, 1.807) is 19.4 Å². The average Bonchev–Trinajstić information content (AvgIpc) is 2.45. The van der Waals surface area contributed by atoms with E-state index in [4.69, 9.17) is 30.1 Å². The number of hydrogen-bond donors (Lipinski definition) is 2. The van der Waals surface area contributed by atoms with Gasteiger partial charge in [0.25, 0.3) is 0 Å². The number of rotatable bonds is 11. The number of nitrogens with one attached hydrogen (secondary N) is 1. The topological polar surface area (TPSA) is 99.7 Å². The molecule has 0 radical (unpaired) electrons. The van der Waals surface area contributed by atoms with Crippen molar-refractivity contribution >= 4 is 5.84 Å². The molecule has 7 nitrogen and oxygen atoms in total. The van der Waals surface area contributed by atoms with Gasteiger partial charge in [-0.15, -0.1) is 0 Å². The lowest BCUT2D eigenvalue weighted by molar-refractivity contribution is 0.0176. The Hall–Kier alpha value is -1.70. The molecule has 0 aliphatic rings. The molecule has 0 fully saturated rings. The highest BCUT2D eigenvalue weighted by atomic mass is 16.6. The Morgan fingerprint density at radius 2 is 1.76 bits per heavy atom. The molecule has 0 saturated heterocycles. The van der Waals surface area contributed by atoms with Crippen LogP contribution in [0.15, 0.2) is 12.3 Å². The summed E-state index contributed by atoms with van der Waals surface area (Å²) in [6, 6.07) is 1.79. The first kappa shape index (κ1) is 17.4. The Morgan fingerprint density at radius 1 is 1.14 bits per heavy atom. The fourth-order valence-electron chi connectivity index (χ4n) is 1.63. The van der Waals surface area contributed by atoms with E-state index in [-0.39, 0.29) is 5.84 Å². The van der Waals surface area contributed by atoms with Gasteiger partial charge in [-0.05, 0) is 18.6 Å². The van der Waals surface area contributed by atoms with E-state index in [0.29, 0.717) is 51.1 Å². The van der Waals surface area contributed by atoms with Crippen LogP contribution in [0, 0.1) is 12.3 Å². The average molecular weight is 297 g/mol. The highest BCUT2D eigenvalue weighted by molar-refractivity contribution is 5.98. The molecule has 0 aliphatic heterocycles. The number of nitrogen functional groups attached to an aromatic ring is 1. The van der Waals surface area contributed by atoms with Crippen molar-refractivity contribution in [1.82, 2.24) is 4.98 Å². The summed E-state index contributed by atoms with van der Waals surface area (Å²) in [7, 11) is 1.63. The molecular formula is C14H23N3O4. The molecule has 0 atom stereocenters. The molecule has 1 aromatic heterocycles.